The van der Waals surface area contributed by atoms with E-state index in [9.17, 15) is 0 Å². The summed E-state index contributed by atoms with van der Waals surface area (Å²) in [5.74, 6) is 0.425. The fraction of sp³-hybridized carbons (Fsp3) is 0.417. The van der Waals surface area contributed by atoms with Crippen molar-refractivity contribution in [1.82, 2.24) is 0 Å². The maximum atomic E-state index is 8.46. The lowest BCUT2D eigenvalue weighted by Crippen LogP contribution is -1.94. The molecule has 0 aliphatic rings. The number of rotatable bonds is 4. The first-order valence-corrected chi connectivity index (χ1v) is 5.32. The predicted octanol–water partition coefficient (Wildman–Crippen LogP) is 4.42. The summed E-state index contributed by atoms with van der Waals surface area (Å²) in [7, 11) is 0. The van der Waals surface area contributed by atoms with Gasteiger partial charge < -0.3 is 0 Å². The van der Waals surface area contributed by atoms with Crippen molar-refractivity contribution in [3.05, 3.63) is 40.3 Å². The normalized spacial score (nSPS) is 12.8. The molecule has 0 aliphatic carbocycles. The number of benzene rings is 1. The van der Waals surface area contributed by atoms with E-state index in [2.05, 4.69) is 28.9 Å². The molecular weight excluding hydrogens is 200 g/mol. The molecule has 0 fully saturated rings. The summed E-state index contributed by atoms with van der Waals surface area (Å²) in [6.07, 6.45) is 1.91. The third kappa shape index (κ3) is 3.41. The average molecular weight is 216 g/mol. The van der Waals surface area contributed by atoms with Crippen LogP contribution < -0.4 is 0 Å². The van der Waals surface area contributed by atoms with Crippen LogP contribution in [0.5, 0.6) is 0 Å². The molecule has 1 aromatic carbocycles. The fourth-order valence-corrected chi connectivity index (χ4v) is 1.36. The zero-order valence-electron chi connectivity index (χ0n) is 9.83. The Labute approximate surface area is 95.7 Å². The van der Waals surface area contributed by atoms with Crippen LogP contribution in [-0.2, 0) is 0 Å². The lowest BCUT2D eigenvalue weighted by Gasteiger charge is -2.09. The summed E-state index contributed by atoms with van der Waals surface area (Å²) in [5, 5.41) is 3.66. The zero-order chi connectivity index (χ0) is 12.0. The molecule has 1 rings (SSSR count). The first-order chi connectivity index (χ1) is 7.65. The molecule has 0 N–H and O–H groups in total. The number of hydrogen-bond acceptors (Lipinski definition) is 2. The maximum absolute atomic E-state index is 8.46. The van der Waals surface area contributed by atoms with E-state index in [1.54, 1.807) is 6.07 Å². The summed E-state index contributed by atoms with van der Waals surface area (Å²) < 4.78 is 0. The Morgan fingerprint density at radius 3 is 2.56 bits per heavy atom. The number of hydrogen-bond donors (Lipinski definition) is 0. The minimum atomic E-state index is 0.0177. The zero-order valence-corrected chi connectivity index (χ0v) is 9.83. The molecule has 1 atom stereocenters. The lowest BCUT2D eigenvalue weighted by molar-refractivity contribution is 0.800. The Balaban J connectivity index is 2.98. The molecule has 16 heavy (non-hydrogen) atoms. The Kier molecular flexibility index (Phi) is 4.55. The minimum absolute atomic E-state index is 0.0177. The molecule has 1 aromatic rings. The van der Waals surface area contributed by atoms with Gasteiger partial charge in [-0.15, -0.1) is 0 Å². The maximum Gasteiger partial charge on any atom is 0.0721 e. The SMILES string of the molecule is CC(C)C=N[C@@H](C)c1ccccc1N=[N+]=[N-]. The molecule has 0 aromatic heterocycles. The molecule has 0 aliphatic heterocycles. The summed E-state index contributed by atoms with van der Waals surface area (Å²) in [5.41, 5.74) is 10.1. The molecule has 0 spiro atoms. The third-order valence-corrected chi connectivity index (χ3v) is 2.15. The minimum Gasteiger partial charge on any atom is -0.289 e. The Bertz CT molecular complexity index is 417. The van der Waals surface area contributed by atoms with E-state index < -0.39 is 0 Å². The first kappa shape index (κ1) is 12.3. The van der Waals surface area contributed by atoms with Crippen LogP contribution in [0.15, 0.2) is 34.4 Å². The molecule has 0 heterocycles. The third-order valence-electron chi connectivity index (χ3n) is 2.15. The molecule has 4 nitrogen and oxygen atoms in total. The van der Waals surface area contributed by atoms with Gasteiger partial charge in [-0.05, 0) is 23.9 Å². The van der Waals surface area contributed by atoms with Crippen molar-refractivity contribution in [3.63, 3.8) is 0 Å². The van der Waals surface area contributed by atoms with Gasteiger partial charge in [0.05, 0.1) is 6.04 Å². The monoisotopic (exact) mass is 216 g/mol. The van der Waals surface area contributed by atoms with Crippen molar-refractivity contribution in [3.8, 4) is 0 Å². The second kappa shape index (κ2) is 5.93. The van der Waals surface area contributed by atoms with E-state index in [0.717, 1.165) is 5.56 Å². The van der Waals surface area contributed by atoms with Crippen molar-refractivity contribution in [1.29, 1.82) is 0 Å². The molecule has 0 radical (unpaired) electrons. The Morgan fingerprint density at radius 2 is 1.94 bits per heavy atom. The molecule has 4 heteroatoms. The van der Waals surface area contributed by atoms with E-state index in [4.69, 9.17) is 5.53 Å². The highest BCUT2D eigenvalue weighted by Gasteiger charge is 2.06. The van der Waals surface area contributed by atoms with Crippen LogP contribution in [0.2, 0.25) is 0 Å². The number of nitrogens with zero attached hydrogens (tertiary/aromatic N) is 4. The van der Waals surface area contributed by atoms with E-state index in [1.165, 1.54) is 0 Å². The van der Waals surface area contributed by atoms with Gasteiger partial charge in [0.1, 0.15) is 0 Å². The molecule has 0 saturated heterocycles. The molecular formula is C12H16N4. The fourth-order valence-electron chi connectivity index (χ4n) is 1.36. The van der Waals surface area contributed by atoms with Gasteiger partial charge in [0.25, 0.3) is 0 Å². The largest absolute Gasteiger partial charge is 0.289 e. The second-order valence-electron chi connectivity index (χ2n) is 3.97. The van der Waals surface area contributed by atoms with E-state index in [-0.39, 0.29) is 6.04 Å². The highest BCUT2D eigenvalue weighted by Crippen LogP contribution is 2.27. The summed E-state index contributed by atoms with van der Waals surface area (Å²) in [6, 6.07) is 7.53. The van der Waals surface area contributed by atoms with Gasteiger partial charge in [-0.3, -0.25) is 4.99 Å². The smallest absolute Gasteiger partial charge is 0.0721 e. The predicted molar refractivity (Wildman–Crippen MR) is 67.0 cm³/mol. The topological polar surface area (TPSA) is 61.1 Å². The van der Waals surface area contributed by atoms with Crippen LogP contribution >= 0.6 is 0 Å². The van der Waals surface area contributed by atoms with Gasteiger partial charge in [0.15, 0.2) is 0 Å². The first-order valence-electron chi connectivity index (χ1n) is 5.32. The average Bonchev–Trinajstić information content (AvgIpc) is 2.27. The van der Waals surface area contributed by atoms with Crippen LogP contribution in [0.4, 0.5) is 5.69 Å². The Hall–Kier alpha value is -1.80. The molecule has 0 unspecified atom stereocenters. The van der Waals surface area contributed by atoms with Crippen LogP contribution in [0, 0.1) is 5.92 Å². The van der Waals surface area contributed by atoms with Crippen LogP contribution in [0.3, 0.4) is 0 Å². The summed E-state index contributed by atoms with van der Waals surface area (Å²) in [6.45, 7) is 6.15. The van der Waals surface area contributed by atoms with Crippen molar-refractivity contribution in [2.45, 2.75) is 26.8 Å². The van der Waals surface area contributed by atoms with Crippen molar-refractivity contribution < 1.29 is 0 Å². The summed E-state index contributed by atoms with van der Waals surface area (Å²) >= 11 is 0. The molecule has 0 bridgehead atoms. The highest BCUT2D eigenvalue weighted by molar-refractivity contribution is 5.60. The van der Waals surface area contributed by atoms with Gasteiger partial charge in [-0.25, -0.2) is 0 Å². The summed E-state index contributed by atoms with van der Waals surface area (Å²) in [4.78, 5) is 7.25. The lowest BCUT2D eigenvalue weighted by atomic mass is 10.1. The van der Waals surface area contributed by atoms with Gasteiger partial charge >= 0.3 is 0 Å². The van der Waals surface area contributed by atoms with Crippen LogP contribution in [0.25, 0.3) is 10.4 Å². The van der Waals surface area contributed by atoms with Crippen LogP contribution in [-0.4, -0.2) is 6.21 Å². The molecule has 0 saturated carbocycles. The van der Waals surface area contributed by atoms with Crippen molar-refractivity contribution in [2.75, 3.05) is 0 Å². The number of aliphatic imine (C=N–C) groups is 1. The van der Waals surface area contributed by atoms with Crippen LogP contribution in [0.1, 0.15) is 32.4 Å². The van der Waals surface area contributed by atoms with E-state index in [1.807, 2.05) is 31.3 Å². The van der Waals surface area contributed by atoms with E-state index >= 15 is 0 Å². The van der Waals surface area contributed by atoms with Gasteiger partial charge in [-0.2, -0.15) is 0 Å². The van der Waals surface area contributed by atoms with Crippen molar-refractivity contribution in [2.24, 2.45) is 16.0 Å². The standard InChI is InChI=1S/C12H16N4/c1-9(2)8-14-10(3)11-6-4-5-7-12(11)15-16-13/h4-10H,1-3H3/t10-/m0/s1. The quantitative estimate of drug-likeness (QED) is 0.309. The van der Waals surface area contributed by atoms with Crippen molar-refractivity contribution >= 4 is 11.9 Å². The molecule has 84 valence electrons. The second-order valence-corrected chi connectivity index (χ2v) is 3.97. The van der Waals surface area contributed by atoms with E-state index in [0.29, 0.717) is 11.6 Å². The van der Waals surface area contributed by atoms with Gasteiger partial charge in [-0.1, -0.05) is 43.2 Å². The van der Waals surface area contributed by atoms with Gasteiger partial charge in [0, 0.05) is 16.8 Å². The Morgan fingerprint density at radius 1 is 1.25 bits per heavy atom. The molecule has 0 amide bonds. The van der Waals surface area contributed by atoms with Gasteiger partial charge in [0.2, 0.25) is 0 Å². The highest BCUT2D eigenvalue weighted by atomic mass is 15.1. The number of azide groups is 1.